The molecule has 0 amide bonds. The highest BCUT2D eigenvalue weighted by molar-refractivity contribution is 5.85. The van der Waals surface area contributed by atoms with Crippen molar-refractivity contribution in [3.05, 3.63) is 18.0 Å². The fraction of sp³-hybridized carbons (Fsp3) is 0.636. The molecule has 1 atom stereocenters. The Morgan fingerprint density at radius 3 is 2.80 bits per heavy atom. The average Bonchev–Trinajstić information content (AvgIpc) is 2.60. The first-order valence-corrected chi connectivity index (χ1v) is 5.29. The average molecular weight is 210 g/mol. The molecule has 0 fully saturated rings. The molecule has 0 bridgehead atoms. The molecule has 1 unspecified atom stereocenters. The summed E-state index contributed by atoms with van der Waals surface area (Å²) in [5.74, 6) is 0.132. The van der Waals surface area contributed by atoms with Crippen molar-refractivity contribution in [1.29, 1.82) is 0 Å². The van der Waals surface area contributed by atoms with Gasteiger partial charge in [0, 0.05) is 26.3 Å². The molecule has 1 heterocycles. The van der Waals surface area contributed by atoms with E-state index in [9.17, 15) is 4.79 Å². The maximum atomic E-state index is 11.8. The van der Waals surface area contributed by atoms with E-state index in [2.05, 4.69) is 5.10 Å². The van der Waals surface area contributed by atoms with Gasteiger partial charge in [0.05, 0.1) is 6.20 Å². The van der Waals surface area contributed by atoms with Crippen molar-refractivity contribution in [3.8, 4) is 0 Å². The van der Waals surface area contributed by atoms with E-state index in [1.54, 1.807) is 10.9 Å². The molecule has 0 spiro atoms. The summed E-state index contributed by atoms with van der Waals surface area (Å²) in [6, 6.07) is 0. The van der Waals surface area contributed by atoms with Gasteiger partial charge in [-0.2, -0.15) is 5.10 Å². The smallest absolute Gasteiger partial charge is 0.166 e. The van der Waals surface area contributed by atoms with E-state index in [-0.39, 0.29) is 11.9 Å². The molecular formula is C11H18N2O2. The SMILES string of the molecule is CCOC(CC)C(=O)Cc1cnn(C)c1. The van der Waals surface area contributed by atoms with Crippen LogP contribution in [0, 0.1) is 0 Å². The summed E-state index contributed by atoms with van der Waals surface area (Å²) in [4.78, 5) is 11.8. The number of ether oxygens (including phenoxy) is 1. The molecule has 0 aliphatic rings. The minimum Gasteiger partial charge on any atom is -0.371 e. The normalized spacial score (nSPS) is 12.7. The minimum absolute atomic E-state index is 0.132. The third-order valence-electron chi connectivity index (χ3n) is 2.23. The topological polar surface area (TPSA) is 44.1 Å². The number of rotatable bonds is 6. The summed E-state index contributed by atoms with van der Waals surface area (Å²) in [7, 11) is 1.84. The summed E-state index contributed by atoms with van der Waals surface area (Å²) in [6.45, 7) is 4.44. The summed E-state index contributed by atoms with van der Waals surface area (Å²) in [5, 5.41) is 4.02. The van der Waals surface area contributed by atoms with E-state index in [1.807, 2.05) is 27.1 Å². The quantitative estimate of drug-likeness (QED) is 0.711. The Kier molecular flexibility index (Phi) is 4.49. The van der Waals surface area contributed by atoms with Crippen LogP contribution in [0.1, 0.15) is 25.8 Å². The lowest BCUT2D eigenvalue weighted by atomic mass is 10.1. The van der Waals surface area contributed by atoms with Gasteiger partial charge in [-0.25, -0.2) is 0 Å². The van der Waals surface area contributed by atoms with Crippen LogP contribution in [0.15, 0.2) is 12.4 Å². The van der Waals surface area contributed by atoms with Crippen LogP contribution in [-0.2, 0) is 23.0 Å². The summed E-state index contributed by atoms with van der Waals surface area (Å²) in [5.41, 5.74) is 0.945. The number of carbonyl (C=O) groups is 1. The van der Waals surface area contributed by atoms with Crippen LogP contribution in [-0.4, -0.2) is 28.3 Å². The third kappa shape index (κ3) is 3.47. The standard InChI is InChI=1S/C11H18N2O2/c1-4-11(15-5-2)10(14)6-9-7-12-13(3)8-9/h7-8,11H,4-6H2,1-3H3. The molecule has 1 aromatic rings. The van der Waals surface area contributed by atoms with Crippen molar-refractivity contribution < 1.29 is 9.53 Å². The summed E-state index contributed by atoms with van der Waals surface area (Å²) in [6.07, 6.45) is 4.45. The van der Waals surface area contributed by atoms with Crippen molar-refractivity contribution >= 4 is 5.78 Å². The Hall–Kier alpha value is -1.16. The second-order valence-corrected chi connectivity index (χ2v) is 3.52. The highest BCUT2D eigenvalue weighted by atomic mass is 16.5. The van der Waals surface area contributed by atoms with Gasteiger partial charge < -0.3 is 4.74 Å². The maximum absolute atomic E-state index is 11.8. The Balaban J connectivity index is 2.53. The lowest BCUT2D eigenvalue weighted by Crippen LogP contribution is -2.25. The molecule has 0 aromatic carbocycles. The Morgan fingerprint density at radius 2 is 2.33 bits per heavy atom. The zero-order valence-electron chi connectivity index (χ0n) is 9.56. The largest absolute Gasteiger partial charge is 0.371 e. The van der Waals surface area contributed by atoms with Crippen LogP contribution in [0.25, 0.3) is 0 Å². The van der Waals surface area contributed by atoms with E-state index in [0.29, 0.717) is 13.0 Å². The van der Waals surface area contributed by atoms with E-state index >= 15 is 0 Å². The third-order valence-corrected chi connectivity index (χ3v) is 2.23. The maximum Gasteiger partial charge on any atom is 0.166 e. The van der Waals surface area contributed by atoms with E-state index in [1.165, 1.54) is 0 Å². The van der Waals surface area contributed by atoms with Crippen molar-refractivity contribution in [3.63, 3.8) is 0 Å². The summed E-state index contributed by atoms with van der Waals surface area (Å²) < 4.78 is 7.05. The monoisotopic (exact) mass is 210 g/mol. The molecule has 0 saturated carbocycles. The van der Waals surface area contributed by atoms with Gasteiger partial charge in [0.25, 0.3) is 0 Å². The van der Waals surface area contributed by atoms with Gasteiger partial charge >= 0.3 is 0 Å². The fourth-order valence-electron chi connectivity index (χ4n) is 1.52. The minimum atomic E-state index is -0.268. The van der Waals surface area contributed by atoms with E-state index in [4.69, 9.17) is 4.74 Å². The molecule has 1 aromatic heterocycles. The number of hydrogen-bond acceptors (Lipinski definition) is 3. The molecule has 0 radical (unpaired) electrons. The number of aryl methyl sites for hydroxylation is 1. The molecule has 0 saturated heterocycles. The van der Waals surface area contributed by atoms with Crippen LogP contribution >= 0.6 is 0 Å². The van der Waals surface area contributed by atoms with Crippen LogP contribution in [0.3, 0.4) is 0 Å². The molecule has 0 N–H and O–H groups in total. The second kappa shape index (κ2) is 5.66. The van der Waals surface area contributed by atoms with Gasteiger partial charge in [0.2, 0.25) is 0 Å². The van der Waals surface area contributed by atoms with Crippen molar-refractivity contribution in [2.24, 2.45) is 7.05 Å². The predicted octanol–water partition coefficient (Wildman–Crippen LogP) is 1.35. The highest BCUT2D eigenvalue weighted by Crippen LogP contribution is 2.06. The molecule has 15 heavy (non-hydrogen) atoms. The molecule has 1 rings (SSSR count). The number of carbonyl (C=O) groups excluding carboxylic acids is 1. The molecule has 0 aliphatic heterocycles. The Bertz CT molecular complexity index is 320. The van der Waals surface area contributed by atoms with Gasteiger partial charge in [-0.15, -0.1) is 0 Å². The van der Waals surface area contributed by atoms with E-state index < -0.39 is 0 Å². The zero-order chi connectivity index (χ0) is 11.3. The highest BCUT2D eigenvalue weighted by Gasteiger charge is 2.16. The molecule has 0 aliphatic carbocycles. The van der Waals surface area contributed by atoms with Gasteiger partial charge in [0.1, 0.15) is 6.10 Å². The van der Waals surface area contributed by atoms with Gasteiger partial charge in [-0.3, -0.25) is 9.48 Å². The van der Waals surface area contributed by atoms with Crippen molar-refractivity contribution in [1.82, 2.24) is 9.78 Å². The van der Waals surface area contributed by atoms with Crippen molar-refractivity contribution in [2.45, 2.75) is 32.8 Å². The Morgan fingerprint density at radius 1 is 1.60 bits per heavy atom. The number of ketones is 1. The number of Topliss-reactive ketones (excluding diaryl/α,β-unsaturated/α-hetero) is 1. The first kappa shape index (κ1) is 11.9. The second-order valence-electron chi connectivity index (χ2n) is 3.52. The number of aromatic nitrogens is 2. The predicted molar refractivity (Wildman–Crippen MR) is 57.6 cm³/mol. The number of nitrogens with zero attached hydrogens (tertiary/aromatic N) is 2. The van der Waals surface area contributed by atoms with Crippen molar-refractivity contribution in [2.75, 3.05) is 6.61 Å². The fourth-order valence-corrected chi connectivity index (χ4v) is 1.52. The molecule has 4 heteroatoms. The van der Waals surface area contributed by atoms with Gasteiger partial charge in [-0.1, -0.05) is 6.92 Å². The molecular weight excluding hydrogens is 192 g/mol. The molecule has 84 valence electrons. The lowest BCUT2D eigenvalue weighted by Gasteiger charge is -2.12. The van der Waals surface area contributed by atoms with Crippen LogP contribution < -0.4 is 0 Å². The molecule has 4 nitrogen and oxygen atoms in total. The Labute approximate surface area is 90.2 Å². The van der Waals surface area contributed by atoms with Crippen LogP contribution in [0.5, 0.6) is 0 Å². The first-order valence-electron chi connectivity index (χ1n) is 5.29. The van der Waals surface area contributed by atoms with Crippen LogP contribution in [0.4, 0.5) is 0 Å². The summed E-state index contributed by atoms with van der Waals surface area (Å²) >= 11 is 0. The lowest BCUT2D eigenvalue weighted by molar-refractivity contribution is -0.129. The first-order chi connectivity index (χ1) is 7.17. The van der Waals surface area contributed by atoms with E-state index in [0.717, 1.165) is 12.0 Å². The number of hydrogen-bond donors (Lipinski definition) is 0. The van der Waals surface area contributed by atoms with Crippen LogP contribution in [0.2, 0.25) is 0 Å². The zero-order valence-corrected chi connectivity index (χ0v) is 9.56. The van der Waals surface area contributed by atoms with Gasteiger partial charge in [-0.05, 0) is 18.9 Å². The van der Waals surface area contributed by atoms with Gasteiger partial charge in [0.15, 0.2) is 5.78 Å².